The van der Waals surface area contributed by atoms with Crippen molar-refractivity contribution >= 4 is 24.0 Å². The third kappa shape index (κ3) is 14.1. The summed E-state index contributed by atoms with van der Waals surface area (Å²) >= 11 is 0. The van der Waals surface area contributed by atoms with Crippen molar-refractivity contribution in [3.8, 4) is 5.75 Å². The number of rotatable bonds is 7. The molecule has 4 rings (SSSR count). The largest absolute Gasteiger partial charge is 0.494 e. The Hall–Kier alpha value is -3.54. The topological polar surface area (TPSA) is 153 Å². The van der Waals surface area contributed by atoms with Crippen molar-refractivity contribution in [2.24, 2.45) is 11.8 Å². The number of fused-ring (bicyclic) bond motifs is 13. The van der Waals surface area contributed by atoms with Crippen LogP contribution in [-0.4, -0.2) is 78.7 Å². The molecular formula is C37H60N4O8. The molecule has 0 aromatic heterocycles. The van der Waals surface area contributed by atoms with Gasteiger partial charge in [-0.1, -0.05) is 26.0 Å². The minimum atomic E-state index is -1.41. The first-order chi connectivity index (χ1) is 22.8. The Morgan fingerprint density at radius 2 is 1.57 bits per heavy atom. The van der Waals surface area contributed by atoms with E-state index < -0.39 is 40.9 Å². The third-order valence-corrected chi connectivity index (χ3v) is 8.56. The molecule has 1 aliphatic carbocycles. The molecule has 3 aliphatic rings. The van der Waals surface area contributed by atoms with Crippen LogP contribution in [0.25, 0.3) is 0 Å². The number of benzene rings is 1. The van der Waals surface area contributed by atoms with Crippen molar-refractivity contribution in [3.05, 3.63) is 29.8 Å². The second-order valence-electron chi connectivity index (χ2n) is 16.0. The Labute approximate surface area is 292 Å². The Bertz CT molecular complexity index is 1260. The molecule has 0 spiro atoms. The van der Waals surface area contributed by atoms with Gasteiger partial charge in [0.1, 0.15) is 28.5 Å². The van der Waals surface area contributed by atoms with Gasteiger partial charge >= 0.3 is 18.1 Å². The third-order valence-electron chi connectivity index (χ3n) is 8.56. The van der Waals surface area contributed by atoms with Gasteiger partial charge in [0.15, 0.2) is 0 Å². The average Bonchev–Trinajstić information content (AvgIpc) is 3.39. The second-order valence-corrected chi connectivity index (χ2v) is 16.0. The molecule has 12 nitrogen and oxygen atoms in total. The smallest absolute Gasteiger partial charge is 0.407 e. The van der Waals surface area contributed by atoms with E-state index in [1.165, 1.54) is 0 Å². The van der Waals surface area contributed by atoms with Crippen LogP contribution in [0.2, 0.25) is 0 Å². The molecule has 2 unspecified atom stereocenters. The first-order valence-electron chi connectivity index (χ1n) is 17.7. The second kappa shape index (κ2) is 17.4. The minimum absolute atomic E-state index is 0.0104. The van der Waals surface area contributed by atoms with Crippen molar-refractivity contribution in [1.82, 2.24) is 21.3 Å². The number of nitrogens with one attached hydrogen (secondary N) is 4. The summed E-state index contributed by atoms with van der Waals surface area (Å²) < 4.78 is 23.0. The van der Waals surface area contributed by atoms with E-state index in [0.29, 0.717) is 32.7 Å². The summed E-state index contributed by atoms with van der Waals surface area (Å²) in [4.78, 5) is 53.6. The first-order valence-corrected chi connectivity index (χ1v) is 17.7. The molecule has 1 saturated carbocycles. The number of urea groups is 1. The first kappa shape index (κ1) is 39.9. The molecule has 0 radical (unpaired) electrons. The van der Waals surface area contributed by atoms with E-state index in [2.05, 4.69) is 21.3 Å². The predicted octanol–water partition coefficient (Wildman–Crippen LogP) is 5.41. The minimum Gasteiger partial charge on any atom is -0.494 e. The van der Waals surface area contributed by atoms with Crippen LogP contribution in [0.4, 0.5) is 9.59 Å². The number of carbonyl (C=O) groups is 4. The summed E-state index contributed by atoms with van der Waals surface area (Å²) in [5.41, 5.74) is -1.98. The molecule has 1 fully saturated rings. The van der Waals surface area contributed by atoms with Gasteiger partial charge in [-0.15, -0.1) is 0 Å². The van der Waals surface area contributed by atoms with Crippen LogP contribution < -0.4 is 26.0 Å². The maximum absolute atomic E-state index is 13.8. The maximum atomic E-state index is 13.8. The highest BCUT2D eigenvalue weighted by Gasteiger charge is 2.43. The molecule has 0 saturated heterocycles. The lowest BCUT2D eigenvalue weighted by Gasteiger charge is -2.34. The molecule has 2 heterocycles. The number of amides is 4. The quantitative estimate of drug-likeness (QED) is 0.278. The zero-order valence-corrected chi connectivity index (χ0v) is 31.0. The van der Waals surface area contributed by atoms with E-state index in [0.717, 1.165) is 30.6 Å². The molecule has 5 atom stereocenters. The monoisotopic (exact) mass is 688 g/mol. The molecule has 4 N–H and O–H groups in total. The normalized spacial score (nSPS) is 23.8. The van der Waals surface area contributed by atoms with Crippen LogP contribution >= 0.6 is 0 Å². The molecule has 4 amide bonds. The number of hydrogen-bond acceptors (Lipinski definition) is 8. The highest BCUT2D eigenvalue weighted by atomic mass is 16.6. The van der Waals surface area contributed by atoms with Crippen molar-refractivity contribution in [2.45, 2.75) is 142 Å². The zero-order chi connectivity index (χ0) is 36.4. The fourth-order valence-corrected chi connectivity index (χ4v) is 6.02. The van der Waals surface area contributed by atoms with Crippen molar-refractivity contribution in [1.29, 1.82) is 0 Å². The van der Waals surface area contributed by atoms with Crippen molar-refractivity contribution < 1.29 is 38.1 Å². The fourth-order valence-electron chi connectivity index (χ4n) is 6.02. The number of esters is 1. The number of alkyl carbamates (subject to hydrolysis) is 1. The van der Waals surface area contributed by atoms with Gasteiger partial charge in [-0.05, 0) is 117 Å². The lowest BCUT2D eigenvalue weighted by Crippen LogP contribution is -2.61. The summed E-state index contributed by atoms with van der Waals surface area (Å²) in [5, 5.41) is 11.8. The van der Waals surface area contributed by atoms with Crippen LogP contribution in [0, 0.1) is 11.8 Å². The van der Waals surface area contributed by atoms with Gasteiger partial charge in [-0.3, -0.25) is 4.79 Å². The SMILES string of the molecule is CC(C)[C@H]1COCCCCOc2ccc(cc2)C[C@@H](NC(=O)NC(C)(C[C@@H]2CCC(NC(=O)OC(C)(C)C)C2)C(=O)OC(C)(C)C)C(=O)N1. The molecule has 276 valence electrons. The predicted molar refractivity (Wildman–Crippen MR) is 187 cm³/mol. The summed E-state index contributed by atoms with van der Waals surface area (Å²) in [5.74, 6) is -0.0944. The number of carbonyl (C=O) groups excluding carboxylic acids is 4. The van der Waals surface area contributed by atoms with Gasteiger partial charge in [-0.25, -0.2) is 14.4 Å². The molecule has 12 heteroatoms. The molecular weight excluding hydrogens is 628 g/mol. The Morgan fingerprint density at radius 3 is 2.20 bits per heavy atom. The molecule has 1 aromatic rings. The van der Waals surface area contributed by atoms with Crippen molar-refractivity contribution in [3.63, 3.8) is 0 Å². The molecule has 2 bridgehead atoms. The van der Waals surface area contributed by atoms with Crippen molar-refractivity contribution in [2.75, 3.05) is 19.8 Å². The van der Waals surface area contributed by atoms with Crippen LogP contribution in [0.5, 0.6) is 5.75 Å². The Morgan fingerprint density at radius 1 is 0.918 bits per heavy atom. The van der Waals surface area contributed by atoms with E-state index in [1.807, 2.05) is 58.9 Å². The molecule has 2 aliphatic heterocycles. The van der Waals surface area contributed by atoms with Gasteiger partial charge in [-0.2, -0.15) is 0 Å². The zero-order valence-electron chi connectivity index (χ0n) is 31.0. The lowest BCUT2D eigenvalue weighted by molar-refractivity contribution is -0.162. The van der Waals surface area contributed by atoms with Gasteiger partial charge < -0.3 is 40.2 Å². The van der Waals surface area contributed by atoms with E-state index in [1.54, 1.807) is 27.7 Å². The van der Waals surface area contributed by atoms with Crippen LogP contribution in [0.15, 0.2) is 24.3 Å². The average molecular weight is 689 g/mol. The summed E-state index contributed by atoms with van der Waals surface area (Å²) in [6.07, 6.45) is 3.78. The van der Waals surface area contributed by atoms with E-state index in [-0.39, 0.29) is 42.7 Å². The summed E-state index contributed by atoms with van der Waals surface area (Å²) in [6.45, 7) is 17.9. The van der Waals surface area contributed by atoms with Gasteiger partial charge in [0.25, 0.3) is 0 Å². The fraction of sp³-hybridized carbons (Fsp3) is 0.730. The molecule has 49 heavy (non-hydrogen) atoms. The Balaban J connectivity index is 1.79. The Kier molecular flexibility index (Phi) is 14.2. The van der Waals surface area contributed by atoms with E-state index in [9.17, 15) is 19.2 Å². The molecule has 1 aromatic carbocycles. The highest BCUT2D eigenvalue weighted by Crippen LogP contribution is 2.34. The van der Waals surface area contributed by atoms with E-state index >= 15 is 0 Å². The van der Waals surface area contributed by atoms with Gasteiger partial charge in [0, 0.05) is 19.1 Å². The van der Waals surface area contributed by atoms with Crippen LogP contribution in [-0.2, 0) is 30.2 Å². The summed E-state index contributed by atoms with van der Waals surface area (Å²) in [7, 11) is 0. The standard InChI is InChI=1S/C37H60N4O8/c1-24(2)30-23-46-18-10-11-19-47-28-16-13-25(14-17-28)21-29(31(42)39-30)40-33(44)41-37(9,32(43)48-35(3,4)5)22-26-12-15-27(20-26)38-34(45)49-36(6,7)8/h13-14,16-17,24,26-27,29-30H,10-12,15,18-23H2,1-9H3,(H,38,45)(H,39,42)(H2,40,41,44)/t26-,27?,29-,30-,37?/m1/s1. The van der Waals surface area contributed by atoms with Crippen LogP contribution in [0.1, 0.15) is 106 Å². The highest BCUT2D eigenvalue weighted by molar-refractivity contribution is 5.91. The van der Waals surface area contributed by atoms with E-state index in [4.69, 9.17) is 18.9 Å². The maximum Gasteiger partial charge on any atom is 0.407 e. The summed E-state index contributed by atoms with van der Waals surface area (Å²) in [6, 6.07) is 5.50. The number of ether oxygens (including phenoxy) is 4. The van der Waals surface area contributed by atoms with Crippen LogP contribution in [0.3, 0.4) is 0 Å². The number of hydrogen-bond donors (Lipinski definition) is 4. The van der Waals surface area contributed by atoms with Gasteiger partial charge in [0.05, 0.1) is 19.3 Å². The lowest BCUT2D eigenvalue weighted by atomic mass is 9.87. The van der Waals surface area contributed by atoms with Gasteiger partial charge in [0.2, 0.25) is 5.91 Å².